The van der Waals surface area contributed by atoms with Crippen LogP contribution in [-0.4, -0.2) is 32.8 Å². The van der Waals surface area contributed by atoms with E-state index in [1.54, 1.807) is 7.11 Å². The van der Waals surface area contributed by atoms with Crippen LogP contribution in [0.4, 0.5) is 5.69 Å². The van der Waals surface area contributed by atoms with Crippen molar-refractivity contribution in [3.05, 3.63) is 29.8 Å². The Kier molecular flexibility index (Phi) is 4.97. The molecule has 1 aromatic rings. The van der Waals surface area contributed by atoms with Crippen molar-refractivity contribution in [2.24, 2.45) is 5.73 Å². The zero-order chi connectivity index (χ0) is 12.9. The van der Waals surface area contributed by atoms with Gasteiger partial charge < -0.3 is 15.4 Å². The van der Waals surface area contributed by atoms with E-state index in [2.05, 4.69) is 50.1 Å². The lowest BCUT2D eigenvalue weighted by molar-refractivity contribution is 0.172. The van der Waals surface area contributed by atoms with Gasteiger partial charge in [-0.3, -0.25) is 0 Å². The van der Waals surface area contributed by atoms with E-state index >= 15 is 0 Å². The smallest absolute Gasteiger partial charge is 0.0514 e. The van der Waals surface area contributed by atoms with Gasteiger partial charge in [0, 0.05) is 33.0 Å². The van der Waals surface area contributed by atoms with E-state index in [0.29, 0.717) is 6.54 Å². The Morgan fingerprint density at radius 2 is 2.00 bits per heavy atom. The Bertz CT molecular complexity index is 354. The predicted octanol–water partition coefficient (Wildman–Crippen LogP) is 2.19. The van der Waals surface area contributed by atoms with E-state index in [-0.39, 0.29) is 5.54 Å². The van der Waals surface area contributed by atoms with E-state index < -0.39 is 0 Å². The predicted molar refractivity (Wildman–Crippen MR) is 73.5 cm³/mol. The summed E-state index contributed by atoms with van der Waals surface area (Å²) in [6, 6.07) is 8.38. The van der Waals surface area contributed by atoms with Crippen LogP contribution >= 0.6 is 0 Å². The molecule has 0 fully saturated rings. The lowest BCUT2D eigenvalue weighted by Crippen LogP contribution is -2.51. The molecule has 0 aliphatic carbocycles. The van der Waals surface area contributed by atoms with Crippen molar-refractivity contribution in [1.82, 2.24) is 0 Å². The van der Waals surface area contributed by atoms with Crippen LogP contribution in [0.25, 0.3) is 0 Å². The number of likely N-dealkylation sites (N-methyl/N-ethyl adjacent to an activating group) is 1. The topological polar surface area (TPSA) is 38.5 Å². The van der Waals surface area contributed by atoms with E-state index in [9.17, 15) is 0 Å². The summed E-state index contributed by atoms with van der Waals surface area (Å²) in [7, 11) is 3.83. The number of nitrogens with two attached hydrogens (primary N) is 1. The van der Waals surface area contributed by atoms with Gasteiger partial charge in [0.25, 0.3) is 0 Å². The Morgan fingerprint density at radius 1 is 1.35 bits per heavy atom. The number of hydrogen-bond donors (Lipinski definition) is 1. The Labute approximate surface area is 105 Å². The highest BCUT2D eigenvalue weighted by Gasteiger charge is 2.28. The molecule has 1 rings (SSSR count). The van der Waals surface area contributed by atoms with Crippen molar-refractivity contribution in [3.63, 3.8) is 0 Å². The van der Waals surface area contributed by atoms with Gasteiger partial charge in [0.2, 0.25) is 0 Å². The minimum atomic E-state index is -0.0673. The van der Waals surface area contributed by atoms with Crippen molar-refractivity contribution in [3.8, 4) is 0 Å². The fraction of sp³-hybridized carbons (Fsp3) is 0.571. The third-order valence-corrected chi connectivity index (χ3v) is 3.57. The molecule has 0 spiro atoms. The molecule has 0 radical (unpaired) electrons. The molecule has 1 aromatic carbocycles. The van der Waals surface area contributed by atoms with E-state index in [0.717, 1.165) is 13.0 Å². The number of para-hydroxylation sites is 1. The molecule has 0 aliphatic rings. The maximum Gasteiger partial charge on any atom is 0.0514 e. The van der Waals surface area contributed by atoms with Crippen molar-refractivity contribution in [2.45, 2.75) is 25.8 Å². The van der Waals surface area contributed by atoms with Gasteiger partial charge in [-0.25, -0.2) is 0 Å². The Morgan fingerprint density at radius 3 is 2.53 bits per heavy atom. The largest absolute Gasteiger partial charge is 0.385 e. The van der Waals surface area contributed by atoms with Crippen molar-refractivity contribution < 1.29 is 4.74 Å². The molecule has 0 aromatic heterocycles. The minimum Gasteiger partial charge on any atom is -0.385 e. The summed E-state index contributed by atoms with van der Waals surface area (Å²) in [6.07, 6.45) is 0.921. The molecule has 2 N–H and O–H groups in total. The fourth-order valence-corrected chi connectivity index (χ4v) is 1.96. The van der Waals surface area contributed by atoms with Crippen molar-refractivity contribution >= 4 is 5.69 Å². The summed E-state index contributed by atoms with van der Waals surface area (Å²) < 4.78 is 5.17. The van der Waals surface area contributed by atoms with E-state index in [4.69, 9.17) is 10.5 Å². The van der Waals surface area contributed by atoms with Crippen LogP contribution in [-0.2, 0) is 4.74 Å². The van der Waals surface area contributed by atoms with Crippen molar-refractivity contribution in [2.75, 3.05) is 32.2 Å². The lowest BCUT2D eigenvalue weighted by Gasteiger charge is -2.40. The van der Waals surface area contributed by atoms with Crippen molar-refractivity contribution in [1.29, 1.82) is 0 Å². The summed E-state index contributed by atoms with van der Waals surface area (Å²) in [5, 5.41) is 0. The number of benzene rings is 1. The van der Waals surface area contributed by atoms with Crippen LogP contribution < -0.4 is 10.6 Å². The summed E-state index contributed by atoms with van der Waals surface area (Å²) in [5.41, 5.74) is 8.37. The number of ether oxygens (including phenoxy) is 1. The maximum absolute atomic E-state index is 5.94. The number of aryl methyl sites for hydroxylation is 1. The summed E-state index contributed by atoms with van der Waals surface area (Å²) in [4.78, 5) is 2.27. The van der Waals surface area contributed by atoms with Crippen LogP contribution in [0, 0.1) is 6.92 Å². The van der Waals surface area contributed by atoms with Crippen LogP contribution in [0.2, 0.25) is 0 Å². The summed E-state index contributed by atoms with van der Waals surface area (Å²) >= 11 is 0. The lowest BCUT2D eigenvalue weighted by atomic mass is 9.95. The third kappa shape index (κ3) is 3.20. The van der Waals surface area contributed by atoms with Crippen LogP contribution in [0.5, 0.6) is 0 Å². The van der Waals surface area contributed by atoms with E-state index in [1.165, 1.54) is 11.3 Å². The molecule has 96 valence electrons. The second-order valence-corrected chi connectivity index (χ2v) is 4.79. The molecule has 0 saturated carbocycles. The SMILES string of the molecule is COCCC(C)(CN)N(C)c1ccccc1C. The van der Waals surface area contributed by atoms with Gasteiger partial charge >= 0.3 is 0 Å². The first-order chi connectivity index (χ1) is 8.05. The van der Waals surface area contributed by atoms with Gasteiger partial charge in [-0.15, -0.1) is 0 Å². The molecule has 0 heterocycles. The van der Waals surface area contributed by atoms with Gasteiger partial charge in [-0.2, -0.15) is 0 Å². The first-order valence-electron chi connectivity index (χ1n) is 6.03. The molecule has 0 amide bonds. The minimum absolute atomic E-state index is 0.0673. The zero-order valence-corrected chi connectivity index (χ0v) is 11.4. The highest BCUT2D eigenvalue weighted by Crippen LogP contribution is 2.27. The average molecular weight is 236 g/mol. The van der Waals surface area contributed by atoms with Gasteiger partial charge in [-0.1, -0.05) is 18.2 Å². The summed E-state index contributed by atoms with van der Waals surface area (Å²) in [6.45, 7) is 5.64. The number of methoxy groups -OCH3 is 1. The van der Waals surface area contributed by atoms with Crippen LogP contribution in [0.1, 0.15) is 18.9 Å². The maximum atomic E-state index is 5.94. The third-order valence-electron chi connectivity index (χ3n) is 3.57. The Balaban J connectivity index is 2.92. The quantitative estimate of drug-likeness (QED) is 0.823. The van der Waals surface area contributed by atoms with E-state index in [1.807, 2.05) is 0 Å². The number of nitrogens with zero attached hydrogens (tertiary/aromatic N) is 1. The second kappa shape index (κ2) is 6.03. The molecule has 3 heteroatoms. The second-order valence-electron chi connectivity index (χ2n) is 4.79. The molecular formula is C14H24N2O. The monoisotopic (exact) mass is 236 g/mol. The zero-order valence-electron chi connectivity index (χ0n) is 11.4. The Hall–Kier alpha value is -1.06. The molecule has 1 atom stereocenters. The fourth-order valence-electron chi connectivity index (χ4n) is 1.96. The standard InChI is InChI=1S/C14H24N2O/c1-12-7-5-6-8-13(12)16(3)14(2,11-15)9-10-17-4/h5-8H,9-11,15H2,1-4H3. The van der Waals surface area contributed by atoms with Gasteiger partial charge in [0.05, 0.1) is 5.54 Å². The first kappa shape index (κ1) is 14.0. The van der Waals surface area contributed by atoms with Crippen LogP contribution in [0.3, 0.4) is 0 Å². The van der Waals surface area contributed by atoms with Gasteiger partial charge in [-0.05, 0) is 31.9 Å². The number of hydrogen-bond acceptors (Lipinski definition) is 3. The molecule has 3 nitrogen and oxygen atoms in total. The normalized spacial score (nSPS) is 14.4. The van der Waals surface area contributed by atoms with Crippen LogP contribution in [0.15, 0.2) is 24.3 Å². The van der Waals surface area contributed by atoms with Gasteiger partial charge in [0.15, 0.2) is 0 Å². The average Bonchev–Trinajstić information content (AvgIpc) is 2.35. The number of anilines is 1. The van der Waals surface area contributed by atoms with Gasteiger partial charge in [0.1, 0.15) is 0 Å². The summed E-state index contributed by atoms with van der Waals surface area (Å²) in [5.74, 6) is 0. The first-order valence-corrected chi connectivity index (χ1v) is 6.03. The molecule has 0 aliphatic heterocycles. The highest BCUT2D eigenvalue weighted by molar-refractivity contribution is 5.54. The highest BCUT2D eigenvalue weighted by atomic mass is 16.5. The molecular weight excluding hydrogens is 212 g/mol. The number of rotatable bonds is 6. The molecule has 0 bridgehead atoms. The molecule has 0 saturated heterocycles. The molecule has 17 heavy (non-hydrogen) atoms. The molecule has 1 unspecified atom stereocenters.